The van der Waals surface area contributed by atoms with E-state index in [-0.39, 0.29) is 17.9 Å². The standard InChI is InChI=1S/C18H23NO2/c1-13-2-6-15(7-3-13)17-9-8-16(10-11-20)18(21)19(17)12-14-4-5-14/h2-3,6-7,11,14,16-17H,4-5,8-10,12H2,1H3. The summed E-state index contributed by atoms with van der Waals surface area (Å²) in [6.45, 7) is 2.95. The van der Waals surface area contributed by atoms with Gasteiger partial charge in [0, 0.05) is 18.9 Å². The zero-order chi connectivity index (χ0) is 14.8. The fraction of sp³-hybridized carbons (Fsp3) is 0.556. The molecule has 1 heterocycles. The summed E-state index contributed by atoms with van der Waals surface area (Å²) in [5.41, 5.74) is 2.48. The van der Waals surface area contributed by atoms with Crippen molar-refractivity contribution in [3.63, 3.8) is 0 Å². The second-order valence-electron chi connectivity index (χ2n) is 6.54. The summed E-state index contributed by atoms with van der Waals surface area (Å²) < 4.78 is 0. The maximum atomic E-state index is 12.7. The number of amides is 1. The molecule has 1 aliphatic carbocycles. The van der Waals surface area contributed by atoms with Crippen LogP contribution >= 0.6 is 0 Å². The van der Waals surface area contributed by atoms with E-state index in [4.69, 9.17) is 0 Å². The van der Waals surface area contributed by atoms with Crippen LogP contribution in [0.3, 0.4) is 0 Å². The molecule has 2 aliphatic rings. The number of aldehydes is 1. The lowest BCUT2D eigenvalue weighted by Gasteiger charge is -2.39. The summed E-state index contributed by atoms with van der Waals surface area (Å²) in [6.07, 6.45) is 5.55. The Hall–Kier alpha value is -1.64. The zero-order valence-corrected chi connectivity index (χ0v) is 12.6. The molecular formula is C18H23NO2. The Labute approximate surface area is 126 Å². The third-order valence-electron chi connectivity index (χ3n) is 4.79. The topological polar surface area (TPSA) is 37.4 Å². The minimum atomic E-state index is -0.0945. The first-order chi connectivity index (χ1) is 10.2. The van der Waals surface area contributed by atoms with Gasteiger partial charge in [-0.15, -0.1) is 0 Å². The molecular weight excluding hydrogens is 262 g/mol. The summed E-state index contributed by atoms with van der Waals surface area (Å²) >= 11 is 0. The molecule has 1 saturated carbocycles. The van der Waals surface area contributed by atoms with Crippen molar-refractivity contribution >= 4 is 12.2 Å². The van der Waals surface area contributed by atoms with E-state index in [1.807, 2.05) is 0 Å². The summed E-state index contributed by atoms with van der Waals surface area (Å²) in [4.78, 5) is 25.5. The van der Waals surface area contributed by atoms with Crippen LogP contribution in [0.1, 0.15) is 49.3 Å². The van der Waals surface area contributed by atoms with Crippen molar-refractivity contribution in [1.82, 2.24) is 4.90 Å². The molecule has 0 aromatic heterocycles. The molecule has 21 heavy (non-hydrogen) atoms. The molecule has 1 saturated heterocycles. The van der Waals surface area contributed by atoms with E-state index >= 15 is 0 Å². The highest BCUT2D eigenvalue weighted by atomic mass is 16.2. The molecule has 1 amide bonds. The number of rotatable bonds is 5. The Bertz CT molecular complexity index is 519. The van der Waals surface area contributed by atoms with E-state index in [9.17, 15) is 9.59 Å². The Morgan fingerprint density at radius 3 is 2.48 bits per heavy atom. The van der Waals surface area contributed by atoms with Crippen LogP contribution in [0, 0.1) is 18.8 Å². The van der Waals surface area contributed by atoms with Crippen LogP contribution < -0.4 is 0 Å². The predicted octanol–water partition coefficient (Wildman–Crippen LogP) is 3.27. The molecule has 0 radical (unpaired) electrons. The van der Waals surface area contributed by atoms with Crippen molar-refractivity contribution < 1.29 is 9.59 Å². The highest BCUT2D eigenvalue weighted by Crippen LogP contribution is 2.39. The van der Waals surface area contributed by atoms with Crippen molar-refractivity contribution in [2.75, 3.05) is 6.54 Å². The number of likely N-dealkylation sites (tertiary alicyclic amines) is 1. The molecule has 3 heteroatoms. The van der Waals surface area contributed by atoms with Crippen LogP contribution in [0.2, 0.25) is 0 Å². The molecule has 0 spiro atoms. The lowest BCUT2D eigenvalue weighted by molar-refractivity contribution is -0.143. The van der Waals surface area contributed by atoms with E-state index in [0.717, 1.165) is 25.7 Å². The van der Waals surface area contributed by atoms with Gasteiger partial charge in [-0.2, -0.15) is 0 Å². The number of carbonyl (C=O) groups excluding carboxylic acids is 2. The molecule has 2 fully saturated rings. The van der Waals surface area contributed by atoms with Crippen molar-refractivity contribution in [3.05, 3.63) is 35.4 Å². The van der Waals surface area contributed by atoms with Gasteiger partial charge < -0.3 is 9.69 Å². The molecule has 2 unspecified atom stereocenters. The average Bonchev–Trinajstić information content (AvgIpc) is 3.29. The minimum Gasteiger partial charge on any atom is -0.335 e. The van der Waals surface area contributed by atoms with Crippen LogP contribution in [-0.2, 0) is 9.59 Å². The molecule has 1 aromatic rings. The maximum absolute atomic E-state index is 12.7. The van der Waals surface area contributed by atoms with Crippen LogP contribution in [0.5, 0.6) is 0 Å². The number of hydrogen-bond donors (Lipinski definition) is 0. The predicted molar refractivity (Wildman–Crippen MR) is 81.8 cm³/mol. The van der Waals surface area contributed by atoms with Crippen molar-refractivity contribution in [2.24, 2.45) is 11.8 Å². The Kier molecular flexibility index (Phi) is 4.09. The highest BCUT2D eigenvalue weighted by molar-refractivity contribution is 5.82. The van der Waals surface area contributed by atoms with Gasteiger partial charge in [0.2, 0.25) is 5.91 Å². The quantitative estimate of drug-likeness (QED) is 0.779. The van der Waals surface area contributed by atoms with Gasteiger partial charge in [0.1, 0.15) is 6.29 Å². The first-order valence-electron chi connectivity index (χ1n) is 7.99. The SMILES string of the molecule is Cc1ccc(C2CCC(CC=O)C(=O)N2CC2CC2)cc1. The number of aryl methyl sites for hydroxylation is 1. The number of piperidine rings is 1. The van der Waals surface area contributed by atoms with Gasteiger partial charge in [-0.3, -0.25) is 4.79 Å². The second kappa shape index (κ2) is 6.00. The average molecular weight is 285 g/mol. The number of carbonyl (C=O) groups is 2. The smallest absolute Gasteiger partial charge is 0.226 e. The van der Waals surface area contributed by atoms with E-state index in [1.54, 1.807) is 0 Å². The fourth-order valence-electron chi connectivity index (χ4n) is 3.29. The first kappa shape index (κ1) is 14.3. The molecule has 0 bridgehead atoms. The van der Waals surface area contributed by atoms with Crippen LogP contribution in [0.25, 0.3) is 0 Å². The molecule has 3 nitrogen and oxygen atoms in total. The Morgan fingerprint density at radius 1 is 1.14 bits per heavy atom. The van der Waals surface area contributed by atoms with Crippen molar-refractivity contribution in [3.8, 4) is 0 Å². The largest absolute Gasteiger partial charge is 0.335 e. The van der Waals surface area contributed by atoms with Gasteiger partial charge in [-0.1, -0.05) is 29.8 Å². The summed E-state index contributed by atoms with van der Waals surface area (Å²) in [5.74, 6) is 0.769. The first-order valence-corrected chi connectivity index (χ1v) is 7.99. The molecule has 112 valence electrons. The lowest BCUT2D eigenvalue weighted by Crippen LogP contribution is -2.44. The van der Waals surface area contributed by atoms with E-state index in [1.165, 1.54) is 24.0 Å². The summed E-state index contributed by atoms with van der Waals surface area (Å²) in [5, 5.41) is 0. The van der Waals surface area contributed by atoms with Gasteiger partial charge in [0.25, 0.3) is 0 Å². The minimum absolute atomic E-state index is 0.0945. The van der Waals surface area contributed by atoms with Crippen molar-refractivity contribution in [1.29, 1.82) is 0 Å². The van der Waals surface area contributed by atoms with Gasteiger partial charge in [0.05, 0.1) is 6.04 Å². The third-order valence-corrected chi connectivity index (χ3v) is 4.79. The van der Waals surface area contributed by atoms with E-state index < -0.39 is 0 Å². The van der Waals surface area contributed by atoms with Gasteiger partial charge in [0.15, 0.2) is 0 Å². The zero-order valence-electron chi connectivity index (χ0n) is 12.6. The maximum Gasteiger partial charge on any atom is 0.226 e. The van der Waals surface area contributed by atoms with E-state index in [0.29, 0.717) is 12.3 Å². The van der Waals surface area contributed by atoms with Crippen molar-refractivity contribution in [2.45, 2.75) is 45.1 Å². The van der Waals surface area contributed by atoms with Gasteiger partial charge in [-0.25, -0.2) is 0 Å². The number of nitrogens with zero attached hydrogens (tertiary/aromatic N) is 1. The Balaban J connectivity index is 1.82. The summed E-state index contributed by atoms with van der Waals surface area (Å²) in [7, 11) is 0. The van der Waals surface area contributed by atoms with E-state index in [2.05, 4.69) is 36.1 Å². The Morgan fingerprint density at radius 2 is 1.86 bits per heavy atom. The molecule has 3 rings (SSSR count). The van der Waals surface area contributed by atoms with Crippen LogP contribution in [0.15, 0.2) is 24.3 Å². The van der Waals surface area contributed by atoms with Crippen LogP contribution in [-0.4, -0.2) is 23.6 Å². The van der Waals surface area contributed by atoms with Gasteiger partial charge in [-0.05, 0) is 44.1 Å². The molecule has 0 N–H and O–H groups in total. The second-order valence-corrected chi connectivity index (χ2v) is 6.54. The normalized spacial score (nSPS) is 26.0. The number of hydrogen-bond acceptors (Lipinski definition) is 2. The molecule has 1 aliphatic heterocycles. The van der Waals surface area contributed by atoms with Crippen LogP contribution in [0.4, 0.5) is 0 Å². The fourth-order valence-corrected chi connectivity index (χ4v) is 3.29. The third kappa shape index (κ3) is 3.17. The lowest BCUT2D eigenvalue weighted by atomic mass is 9.86. The summed E-state index contributed by atoms with van der Waals surface area (Å²) in [6, 6.07) is 8.72. The highest BCUT2D eigenvalue weighted by Gasteiger charge is 2.38. The monoisotopic (exact) mass is 285 g/mol. The molecule has 1 aromatic carbocycles. The molecule has 2 atom stereocenters. The van der Waals surface area contributed by atoms with Gasteiger partial charge >= 0.3 is 0 Å². The number of benzene rings is 1.